The fourth-order valence-electron chi connectivity index (χ4n) is 10.3. The summed E-state index contributed by atoms with van der Waals surface area (Å²) < 4.78 is 0. The molecule has 0 radical (unpaired) electrons. The smallest absolute Gasteiger partial charge is 0.146 e. The monoisotopic (exact) mass is 714 g/mol. The minimum atomic E-state index is -2.06. The van der Waals surface area contributed by atoms with Crippen LogP contribution in [-0.2, 0) is 0 Å². The lowest BCUT2D eigenvalue weighted by atomic mass is 9.96. The highest BCUT2D eigenvalue weighted by Gasteiger charge is 2.43. The predicted molar refractivity (Wildman–Crippen MR) is 232 cm³/mol. The maximum Gasteiger partial charge on any atom is 0.146 e. The quantitative estimate of drug-likeness (QED) is 0.0973. The fourth-order valence-corrected chi connectivity index (χ4v) is 20.8. The van der Waals surface area contributed by atoms with Crippen molar-refractivity contribution in [2.24, 2.45) is 0 Å². The summed E-state index contributed by atoms with van der Waals surface area (Å²) in [5, 5.41) is 7.17. The molecule has 0 saturated carbocycles. The molecule has 0 bridgehead atoms. The van der Waals surface area contributed by atoms with Crippen molar-refractivity contribution in [3.8, 4) is 45.4 Å². The molecular formula is C48H54N2Si2. The Morgan fingerprint density at radius 3 is 1.37 bits per heavy atom. The van der Waals surface area contributed by atoms with Gasteiger partial charge in [-0.15, -0.1) is 11.1 Å². The summed E-state index contributed by atoms with van der Waals surface area (Å²) >= 11 is 0. The molecule has 0 unspecified atom stereocenters. The Kier molecular flexibility index (Phi) is 9.26. The maximum absolute atomic E-state index is 5.74. The number of benzene rings is 5. The van der Waals surface area contributed by atoms with E-state index in [2.05, 4.69) is 179 Å². The van der Waals surface area contributed by atoms with Gasteiger partial charge in [0.15, 0.2) is 0 Å². The molecule has 1 heterocycles. The van der Waals surface area contributed by atoms with Gasteiger partial charge in [-0.3, -0.25) is 0 Å². The van der Waals surface area contributed by atoms with Crippen molar-refractivity contribution in [1.82, 2.24) is 9.97 Å². The first-order chi connectivity index (χ1) is 24.7. The third-order valence-electron chi connectivity index (χ3n) is 12.8. The molecular weight excluding hydrogens is 661 g/mol. The van der Waals surface area contributed by atoms with Gasteiger partial charge in [0.1, 0.15) is 27.2 Å². The van der Waals surface area contributed by atoms with E-state index in [9.17, 15) is 0 Å². The van der Waals surface area contributed by atoms with Crippen molar-refractivity contribution in [3.63, 3.8) is 0 Å². The zero-order valence-electron chi connectivity index (χ0n) is 33.3. The zero-order valence-corrected chi connectivity index (χ0v) is 35.3. The van der Waals surface area contributed by atoms with Crippen molar-refractivity contribution in [3.05, 3.63) is 83.9 Å². The summed E-state index contributed by atoms with van der Waals surface area (Å²) in [5.41, 5.74) is 19.3. The van der Waals surface area contributed by atoms with Crippen molar-refractivity contribution in [1.29, 1.82) is 0 Å². The van der Waals surface area contributed by atoms with Crippen LogP contribution in [0.1, 0.15) is 94.2 Å². The van der Waals surface area contributed by atoms with Crippen LogP contribution in [0.5, 0.6) is 0 Å². The molecule has 1 aliphatic carbocycles. The van der Waals surface area contributed by atoms with E-state index in [0.717, 1.165) is 49.9 Å². The van der Waals surface area contributed by atoms with Crippen LogP contribution in [0.3, 0.4) is 0 Å². The molecule has 0 fully saturated rings. The Morgan fingerprint density at radius 1 is 0.462 bits per heavy atom. The van der Waals surface area contributed by atoms with Crippen molar-refractivity contribution >= 4 is 59.5 Å². The van der Waals surface area contributed by atoms with Gasteiger partial charge in [-0.2, -0.15) is 0 Å². The molecule has 0 aliphatic heterocycles. The van der Waals surface area contributed by atoms with E-state index in [1.807, 2.05) is 0 Å². The predicted octanol–water partition coefficient (Wildman–Crippen LogP) is 13.9. The van der Waals surface area contributed by atoms with Gasteiger partial charge >= 0.3 is 0 Å². The molecule has 7 rings (SSSR count). The van der Waals surface area contributed by atoms with E-state index in [-0.39, 0.29) is 0 Å². The second-order valence-electron chi connectivity index (χ2n) is 17.1. The molecule has 0 amide bonds. The van der Waals surface area contributed by atoms with Crippen LogP contribution >= 0.6 is 0 Å². The van der Waals surface area contributed by atoms with Crippen LogP contribution in [0.4, 0.5) is 0 Å². The maximum atomic E-state index is 5.74. The molecule has 6 aromatic rings. The standard InChI is InChI=1S/C48H54N2Si2/c1-29(2)51(30(3)4,31(5)6)26-24-40-38-21-15-16-22-39(38)41(25-27-52(32(7)8,33(9)10)34(11)12)46-45(40)49-47-42-23-17-19-36-28-35-18-13-14-20-37(35)44(43(36)42)48(47)50-46/h13-23,28-34H,1-12H3. The Balaban J connectivity index is 1.67. The topological polar surface area (TPSA) is 25.8 Å². The number of aromatic nitrogens is 2. The molecule has 2 nitrogen and oxygen atoms in total. The lowest BCUT2D eigenvalue weighted by Crippen LogP contribution is -2.43. The van der Waals surface area contributed by atoms with Gasteiger partial charge in [-0.1, -0.05) is 162 Å². The van der Waals surface area contributed by atoms with Gasteiger partial charge in [0.05, 0.1) is 22.5 Å². The van der Waals surface area contributed by atoms with Crippen molar-refractivity contribution < 1.29 is 0 Å². The first-order valence-corrected chi connectivity index (χ1v) is 24.0. The first-order valence-electron chi connectivity index (χ1n) is 19.5. The van der Waals surface area contributed by atoms with Gasteiger partial charge in [0.25, 0.3) is 0 Å². The van der Waals surface area contributed by atoms with Gasteiger partial charge in [0.2, 0.25) is 0 Å². The Morgan fingerprint density at radius 2 is 0.885 bits per heavy atom. The molecule has 0 saturated heterocycles. The van der Waals surface area contributed by atoms with Crippen LogP contribution in [0.15, 0.2) is 72.8 Å². The first kappa shape index (κ1) is 36.1. The zero-order chi connectivity index (χ0) is 37.3. The van der Waals surface area contributed by atoms with E-state index in [1.54, 1.807) is 0 Å². The number of nitrogens with zero attached hydrogens (tertiary/aromatic N) is 2. The van der Waals surface area contributed by atoms with E-state index < -0.39 is 16.1 Å². The van der Waals surface area contributed by atoms with E-state index in [0.29, 0.717) is 33.2 Å². The third-order valence-corrected chi connectivity index (χ3v) is 25.3. The number of fused-ring (bicyclic) bond motifs is 7. The Labute approximate surface area is 313 Å². The summed E-state index contributed by atoms with van der Waals surface area (Å²) in [7, 11) is -4.11. The summed E-state index contributed by atoms with van der Waals surface area (Å²) in [4.78, 5) is 11.4. The van der Waals surface area contributed by atoms with Gasteiger partial charge in [-0.25, -0.2) is 9.97 Å². The molecule has 0 atom stereocenters. The molecule has 0 spiro atoms. The van der Waals surface area contributed by atoms with Gasteiger partial charge in [0, 0.05) is 27.3 Å². The molecule has 5 aromatic carbocycles. The minimum absolute atomic E-state index is 0.526. The van der Waals surface area contributed by atoms with E-state index in [4.69, 9.17) is 9.97 Å². The second-order valence-corrected chi connectivity index (χ2v) is 28.2. The number of hydrogen-bond donors (Lipinski definition) is 0. The minimum Gasteiger partial charge on any atom is -0.242 e. The lowest BCUT2D eigenvalue weighted by Gasteiger charge is -2.38. The largest absolute Gasteiger partial charge is 0.242 e. The molecule has 52 heavy (non-hydrogen) atoms. The highest BCUT2D eigenvalue weighted by Crippen LogP contribution is 2.50. The average Bonchev–Trinajstić information content (AvgIpc) is 3.42. The average molecular weight is 715 g/mol. The SMILES string of the molecule is CC(C)[Si](C#Cc1c2ccccc2c(C#C[Si](C(C)C)(C(C)C)C(C)C)c2nc3c(nc12)-c1cccc2cc4ccccc4c-3c12)(C(C)C)C(C)C. The van der Waals surface area contributed by atoms with Crippen molar-refractivity contribution in [2.45, 2.75) is 116 Å². The van der Waals surface area contributed by atoms with Crippen molar-refractivity contribution in [2.75, 3.05) is 0 Å². The molecule has 1 aromatic heterocycles. The van der Waals surface area contributed by atoms with E-state index in [1.165, 1.54) is 27.1 Å². The highest BCUT2D eigenvalue weighted by atomic mass is 28.3. The second kappa shape index (κ2) is 13.3. The van der Waals surface area contributed by atoms with Gasteiger partial charge < -0.3 is 0 Å². The normalized spacial score (nSPS) is 13.0. The van der Waals surface area contributed by atoms with Crippen LogP contribution in [0.2, 0.25) is 33.2 Å². The molecule has 1 aliphatic rings. The Hall–Kier alpha value is -4.23. The summed E-state index contributed by atoms with van der Waals surface area (Å²) in [6.45, 7) is 28.7. The van der Waals surface area contributed by atoms with Crippen LogP contribution in [-0.4, -0.2) is 26.1 Å². The Bertz CT molecular complexity index is 2470. The van der Waals surface area contributed by atoms with E-state index >= 15 is 0 Å². The van der Waals surface area contributed by atoms with Gasteiger partial charge in [-0.05, 0) is 55.5 Å². The molecule has 0 N–H and O–H groups in total. The fraction of sp³-hybridized carbons (Fsp3) is 0.375. The number of rotatable bonds is 6. The lowest BCUT2D eigenvalue weighted by molar-refractivity contribution is 0.838. The van der Waals surface area contributed by atoms with Crippen LogP contribution in [0, 0.1) is 22.9 Å². The summed E-state index contributed by atoms with van der Waals surface area (Å²) in [5.74, 6) is 7.82. The molecule has 4 heteroatoms. The highest BCUT2D eigenvalue weighted by molar-refractivity contribution is 6.91. The number of hydrogen-bond acceptors (Lipinski definition) is 2. The third kappa shape index (κ3) is 5.28. The molecule has 264 valence electrons. The summed E-state index contributed by atoms with van der Waals surface area (Å²) in [6.07, 6.45) is 0. The summed E-state index contributed by atoms with van der Waals surface area (Å²) in [6, 6.07) is 26.4. The van der Waals surface area contributed by atoms with Crippen LogP contribution < -0.4 is 0 Å². The van der Waals surface area contributed by atoms with Crippen LogP contribution in [0.25, 0.3) is 65.9 Å².